The molecule has 30 heavy (non-hydrogen) atoms. The molecule has 0 amide bonds. The van der Waals surface area contributed by atoms with Crippen molar-refractivity contribution in [2.75, 3.05) is 6.61 Å². The Hall–Kier alpha value is -3.71. The van der Waals surface area contributed by atoms with Gasteiger partial charge >= 0.3 is 5.97 Å². The summed E-state index contributed by atoms with van der Waals surface area (Å²) >= 11 is 0. The summed E-state index contributed by atoms with van der Waals surface area (Å²) in [4.78, 5) is 17.5. The van der Waals surface area contributed by atoms with Crippen molar-refractivity contribution in [2.45, 2.75) is 19.8 Å². The second kappa shape index (κ2) is 10.2. The summed E-state index contributed by atoms with van der Waals surface area (Å²) < 4.78 is 5.21. The molecule has 0 spiro atoms. The molecule has 0 N–H and O–H groups in total. The van der Waals surface area contributed by atoms with Crippen LogP contribution in [0, 0.1) is 24.2 Å². The van der Waals surface area contributed by atoms with Crippen molar-refractivity contribution in [3.8, 4) is 6.07 Å². The number of hydrogen-bond donors (Lipinski definition) is 0. The molecule has 1 unspecified atom stereocenters. The van der Waals surface area contributed by atoms with Crippen LogP contribution in [0.3, 0.4) is 0 Å². The number of nitriles is 1. The summed E-state index contributed by atoms with van der Waals surface area (Å²) in [6.45, 7) is 3.94. The van der Waals surface area contributed by atoms with Crippen LogP contribution in [0.4, 0.5) is 5.69 Å². The zero-order valence-electron chi connectivity index (χ0n) is 17.2. The van der Waals surface area contributed by atoms with Gasteiger partial charge in [0.25, 0.3) is 0 Å². The summed E-state index contributed by atoms with van der Waals surface area (Å²) in [5, 5.41) is 9.93. The van der Waals surface area contributed by atoms with Crippen molar-refractivity contribution in [2.24, 2.45) is 10.9 Å². The molecule has 0 aromatic heterocycles. The topological polar surface area (TPSA) is 62.5 Å². The van der Waals surface area contributed by atoms with Gasteiger partial charge in [-0.1, -0.05) is 78.4 Å². The first-order valence-electron chi connectivity index (χ1n) is 9.95. The van der Waals surface area contributed by atoms with Gasteiger partial charge in [0.1, 0.15) is 0 Å². The molecule has 0 aliphatic heterocycles. The zero-order chi connectivity index (χ0) is 21.3. The van der Waals surface area contributed by atoms with Crippen molar-refractivity contribution in [3.63, 3.8) is 0 Å². The highest BCUT2D eigenvalue weighted by molar-refractivity contribution is 6.10. The van der Waals surface area contributed by atoms with E-state index in [1.807, 2.05) is 91.9 Å². The number of carbonyl (C=O) groups excluding carboxylic acids is 1. The van der Waals surface area contributed by atoms with E-state index in [9.17, 15) is 10.1 Å². The molecular weight excluding hydrogens is 372 g/mol. The molecule has 150 valence electrons. The SMILES string of the molecule is CCOC(=O)C(C#N)C(=Nc1ccc(C)cc1)C(c1ccccc1)c1ccccc1. The van der Waals surface area contributed by atoms with Crippen molar-refractivity contribution >= 4 is 17.4 Å². The molecular formula is C26H24N2O2. The lowest BCUT2D eigenvalue weighted by atomic mass is 9.82. The first-order valence-corrected chi connectivity index (χ1v) is 9.95. The maximum Gasteiger partial charge on any atom is 0.329 e. The van der Waals surface area contributed by atoms with Gasteiger partial charge in [-0.2, -0.15) is 5.26 Å². The number of aliphatic imine (C=N–C) groups is 1. The molecule has 0 heterocycles. The fourth-order valence-electron chi connectivity index (χ4n) is 3.35. The largest absolute Gasteiger partial charge is 0.465 e. The summed E-state index contributed by atoms with van der Waals surface area (Å²) in [6.07, 6.45) is 0. The van der Waals surface area contributed by atoms with Gasteiger partial charge in [-0.15, -0.1) is 0 Å². The molecule has 0 saturated heterocycles. The quantitative estimate of drug-likeness (QED) is 0.386. The van der Waals surface area contributed by atoms with Crippen LogP contribution in [0.15, 0.2) is 89.9 Å². The Morgan fingerprint density at radius 3 is 1.93 bits per heavy atom. The molecule has 3 aromatic rings. The Balaban J connectivity index is 2.22. The summed E-state index contributed by atoms with van der Waals surface area (Å²) in [6, 6.07) is 29.4. The number of aryl methyl sites for hydroxylation is 1. The first-order chi connectivity index (χ1) is 14.6. The predicted octanol–water partition coefficient (Wildman–Crippen LogP) is 5.60. The van der Waals surface area contributed by atoms with Gasteiger partial charge in [-0.3, -0.25) is 9.79 Å². The molecule has 1 atom stereocenters. The van der Waals surface area contributed by atoms with Crippen LogP contribution < -0.4 is 0 Å². The van der Waals surface area contributed by atoms with Crippen LogP contribution in [-0.2, 0) is 9.53 Å². The van der Waals surface area contributed by atoms with Gasteiger partial charge in [-0.05, 0) is 37.1 Å². The average molecular weight is 396 g/mol. The third kappa shape index (κ3) is 5.01. The Bertz CT molecular complexity index is 996. The van der Waals surface area contributed by atoms with Gasteiger partial charge in [0.05, 0.1) is 24.1 Å². The second-order valence-corrected chi connectivity index (χ2v) is 6.94. The van der Waals surface area contributed by atoms with Crippen molar-refractivity contribution in [1.29, 1.82) is 5.26 Å². The van der Waals surface area contributed by atoms with E-state index in [-0.39, 0.29) is 12.5 Å². The van der Waals surface area contributed by atoms with Crippen LogP contribution in [0.1, 0.15) is 29.5 Å². The molecule has 0 aliphatic carbocycles. The van der Waals surface area contributed by atoms with Gasteiger partial charge in [0, 0.05) is 5.92 Å². The molecule has 0 saturated carbocycles. The maximum atomic E-state index is 12.7. The third-order valence-corrected chi connectivity index (χ3v) is 4.80. The Morgan fingerprint density at radius 2 is 1.47 bits per heavy atom. The summed E-state index contributed by atoms with van der Waals surface area (Å²) in [5.41, 5.74) is 4.17. The van der Waals surface area contributed by atoms with Crippen LogP contribution in [0.5, 0.6) is 0 Å². The lowest BCUT2D eigenvalue weighted by Crippen LogP contribution is -2.30. The first kappa shape index (κ1) is 21.0. The van der Waals surface area contributed by atoms with Crippen molar-refractivity contribution < 1.29 is 9.53 Å². The van der Waals surface area contributed by atoms with Crippen LogP contribution >= 0.6 is 0 Å². The van der Waals surface area contributed by atoms with E-state index in [2.05, 4.69) is 6.07 Å². The molecule has 0 radical (unpaired) electrons. The van der Waals surface area contributed by atoms with Crippen molar-refractivity contribution in [1.82, 2.24) is 0 Å². The van der Waals surface area contributed by atoms with Crippen LogP contribution in [0.2, 0.25) is 0 Å². The van der Waals surface area contributed by atoms with Gasteiger partial charge < -0.3 is 4.74 Å². The van der Waals surface area contributed by atoms with Crippen molar-refractivity contribution in [3.05, 3.63) is 102 Å². The predicted molar refractivity (Wildman–Crippen MR) is 119 cm³/mol. The zero-order valence-corrected chi connectivity index (χ0v) is 17.2. The minimum atomic E-state index is -1.11. The highest BCUT2D eigenvalue weighted by atomic mass is 16.5. The second-order valence-electron chi connectivity index (χ2n) is 6.94. The maximum absolute atomic E-state index is 12.7. The Kier molecular flexibility index (Phi) is 7.13. The normalized spacial score (nSPS) is 12.3. The van der Waals surface area contributed by atoms with E-state index in [0.29, 0.717) is 11.4 Å². The highest BCUT2D eigenvalue weighted by Crippen LogP contribution is 2.31. The fraction of sp³-hybridized carbons (Fsp3) is 0.192. The number of rotatable bonds is 7. The van der Waals surface area contributed by atoms with E-state index < -0.39 is 11.9 Å². The minimum Gasteiger partial charge on any atom is -0.465 e. The van der Waals surface area contributed by atoms with E-state index in [1.54, 1.807) is 6.92 Å². The number of ether oxygens (including phenoxy) is 1. The monoisotopic (exact) mass is 396 g/mol. The van der Waals surface area contributed by atoms with E-state index in [4.69, 9.17) is 9.73 Å². The number of carbonyl (C=O) groups is 1. The fourth-order valence-corrected chi connectivity index (χ4v) is 3.35. The Labute approximate surface area is 177 Å². The molecule has 0 fully saturated rings. The van der Waals surface area contributed by atoms with Crippen LogP contribution in [-0.4, -0.2) is 18.3 Å². The summed E-state index contributed by atoms with van der Waals surface area (Å²) in [7, 11) is 0. The number of esters is 1. The summed E-state index contributed by atoms with van der Waals surface area (Å²) in [5.74, 6) is -2.05. The highest BCUT2D eigenvalue weighted by Gasteiger charge is 2.33. The molecule has 4 heteroatoms. The standard InChI is InChI=1S/C26H24N2O2/c1-3-30-26(29)23(18-27)25(28-22-16-14-19(2)15-17-22)24(20-10-6-4-7-11-20)21-12-8-5-9-13-21/h4-17,23-24H,3H2,1-2H3. The van der Waals surface area contributed by atoms with E-state index in [1.165, 1.54) is 0 Å². The third-order valence-electron chi connectivity index (χ3n) is 4.80. The Morgan fingerprint density at radius 1 is 0.933 bits per heavy atom. The van der Waals surface area contributed by atoms with Gasteiger partial charge in [-0.25, -0.2) is 0 Å². The van der Waals surface area contributed by atoms with Gasteiger partial charge in [0.2, 0.25) is 0 Å². The number of hydrogen-bond acceptors (Lipinski definition) is 4. The lowest BCUT2D eigenvalue weighted by Gasteiger charge is -2.23. The molecule has 3 rings (SSSR count). The van der Waals surface area contributed by atoms with Gasteiger partial charge in [0.15, 0.2) is 5.92 Å². The van der Waals surface area contributed by atoms with E-state index in [0.717, 1.165) is 16.7 Å². The molecule has 0 aliphatic rings. The van der Waals surface area contributed by atoms with E-state index >= 15 is 0 Å². The lowest BCUT2D eigenvalue weighted by molar-refractivity contribution is -0.144. The molecule has 0 bridgehead atoms. The number of nitrogens with zero attached hydrogens (tertiary/aromatic N) is 2. The van der Waals surface area contributed by atoms with Crippen LogP contribution in [0.25, 0.3) is 0 Å². The molecule has 3 aromatic carbocycles. The average Bonchev–Trinajstić information content (AvgIpc) is 2.77. The smallest absolute Gasteiger partial charge is 0.329 e. The minimum absolute atomic E-state index is 0.205. The molecule has 4 nitrogen and oxygen atoms in total. The number of benzene rings is 3.